The molecule has 78 valence electrons. The highest BCUT2D eigenvalue weighted by atomic mass is 35.5. The summed E-state index contributed by atoms with van der Waals surface area (Å²) in [5, 5.41) is 3.90. The molecule has 1 aromatic rings. The van der Waals surface area contributed by atoms with Gasteiger partial charge in [0.15, 0.2) is 5.78 Å². The number of anilines is 1. The van der Waals surface area contributed by atoms with E-state index in [2.05, 4.69) is 5.32 Å². The first kappa shape index (κ1) is 10.2. The molecule has 3 heteroatoms. The fourth-order valence-electron chi connectivity index (χ4n) is 1.64. The van der Waals surface area contributed by atoms with Crippen molar-refractivity contribution in [2.45, 2.75) is 19.3 Å². The van der Waals surface area contributed by atoms with Crippen molar-refractivity contribution in [3.63, 3.8) is 0 Å². The number of rotatable bonds is 2. The van der Waals surface area contributed by atoms with E-state index in [0.29, 0.717) is 11.4 Å². The summed E-state index contributed by atoms with van der Waals surface area (Å²) in [6.45, 7) is 0. The Morgan fingerprint density at radius 2 is 2.13 bits per heavy atom. The van der Waals surface area contributed by atoms with E-state index >= 15 is 0 Å². The molecular weight excluding hydrogens is 210 g/mol. The van der Waals surface area contributed by atoms with Crippen LogP contribution >= 0.6 is 11.6 Å². The molecule has 0 aliphatic heterocycles. The molecule has 2 nitrogen and oxygen atoms in total. The van der Waals surface area contributed by atoms with Crippen molar-refractivity contribution >= 4 is 23.1 Å². The third-order valence-electron chi connectivity index (χ3n) is 2.33. The topological polar surface area (TPSA) is 29.1 Å². The Labute approximate surface area is 93.9 Å². The molecule has 1 aliphatic carbocycles. The first-order valence-corrected chi connectivity index (χ1v) is 5.38. The SMILES string of the molecule is O=C1C=C(Nc2cccc(Cl)c2)CCC1. The quantitative estimate of drug-likeness (QED) is 0.830. The lowest BCUT2D eigenvalue weighted by Gasteiger charge is -2.14. The van der Waals surface area contributed by atoms with E-state index in [9.17, 15) is 4.79 Å². The molecule has 0 fully saturated rings. The number of benzene rings is 1. The number of hydrogen-bond donors (Lipinski definition) is 1. The minimum Gasteiger partial charge on any atom is -0.359 e. The Kier molecular flexibility index (Phi) is 3.07. The van der Waals surface area contributed by atoms with Crippen LogP contribution in [0.3, 0.4) is 0 Å². The van der Waals surface area contributed by atoms with Gasteiger partial charge in [-0.1, -0.05) is 17.7 Å². The number of allylic oxidation sites excluding steroid dienone is 2. The molecule has 2 rings (SSSR count). The number of halogens is 1. The molecule has 0 spiro atoms. The monoisotopic (exact) mass is 221 g/mol. The number of ketones is 1. The van der Waals surface area contributed by atoms with E-state index in [0.717, 1.165) is 24.2 Å². The second-order valence-electron chi connectivity index (χ2n) is 3.62. The van der Waals surface area contributed by atoms with Crippen molar-refractivity contribution in [2.75, 3.05) is 5.32 Å². The van der Waals surface area contributed by atoms with E-state index in [1.807, 2.05) is 24.3 Å². The molecule has 0 heterocycles. The standard InChI is InChI=1S/C12H12ClNO/c13-9-3-1-4-10(7-9)14-11-5-2-6-12(15)8-11/h1,3-4,7-8,14H,2,5-6H2. The maximum Gasteiger partial charge on any atom is 0.157 e. The molecule has 0 aromatic heterocycles. The highest BCUT2D eigenvalue weighted by molar-refractivity contribution is 6.30. The average Bonchev–Trinajstić information content (AvgIpc) is 2.17. The predicted octanol–water partition coefficient (Wildman–Crippen LogP) is 3.39. The fourth-order valence-corrected chi connectivity index (χ4v) is 1.83. The van der Waals surface area contributed by atoms with Crippen molar-refractivity contribution in [3.05, 3.63) is 41.1 Å². The fraction of sp³-hybridized carbons (Fsp3) is 0.250. The Morgan fingerprint density at radius 3 is 2.87 bits per heavy atom. The van der Waals surface area contributed by atoms with E-state index in [-0.39, 0.29) is 5.78 Å². The normalized spacial score (nSPS) is 16.1. The molecular formula is C12H12ClNO. The molecule has 1 N–H and O–H groups in total. The van der Waals surface area contributed by atoms with Crippen molar-refractivity contribution < 1.29 is 4.79 Å². The minimum absolute atomic E-state index is 0.200. The van der Waals surface area contributed by atoms with Crippen LogP contribution in [0.15, 0.2) is 36.0 Å². The van der Waals surface area contributed by atoms with Gasteiger partial charge in [-0.15, -0.1) is 0 Å². The maximum absolute atomic E-state index is 11.2. The van der Waals surface area contributed by atoms with Crippen LogP contribution in [0.25, 0.3) is 0 Å². The van der Waals surface area contributed by atoms with Crippen LogP contribution in [0.1, 0.15) is 19.3 Å². The predicted molar refractivity (Wildman–Crippen MR) is 62.0 cm³/mol. The number of carbonyl (C=O) groups excluding carboxylic acids is 1. The van der Waals surface area contributed by atoms with Crippen molar-refractivity contribution in [1.29, 1.82) is 0 Å². The summed E-state index contributed by atoms with van der Waals surface area (Å²) >= 11 is 5.86. The van der Waals surface area contributed by atoms with Gasteiger partial charge in [0, 0.05) is 28.9 Å². The van der Waals surface area contributed by atoms with Crippen LogP contribution in [-0.4, -0.2) is 5.78 Å². The zero-order valence-electron chi connectivity index (χ0n) is 8.29. The molecule has 1 aromatic carbocycles. The van der Waals surface area contributed by atoms with Crippen molar-refractivity contribution in [2.24, 2.45) is 0 Å². The van der Waals surface area contributed by atoms with Crippen molar-refractivity contribution in [1.82, 2.24) is 0 Å². The third-order valence-corrected chi connectivity index (χ3v) is 2.57. The van der Waals surface area contributed by atoms with Gasteiger partial charge in [0.2, 0.25) is 0 Å². The van der Waals surface area contributed by atoms with Gasteiger partial charge in [-0.3, -0.25) is 4.79 Å². The average molecular weight is 222 g/mol. The lowest BCUT2D eigenvalue weighted by molar-refractivity contribution is -0.115. The molecule has 0 amide bonds. The van der Waals surface area contributed by atoms with Gasteiger partial charge in [-0.05, 0) is 31.0 Å². The number of hydrogen-bond acceptors (Lipinski definition) is 2. The summed E-state index contributed by atoms with van der Waals surface area (Å²) in [4.78, 5) is 11.2. The summed E-state index contributed by atoms with van der Waals surface area (Å²) in [6, 6.07) is 7.50. The van der Waals surface area contributed by atoms with E-state index in [1.165, 1.54) is 0 Å². The van der Waals surface area contributed by atoms with Gasteiger partial charge in [0.25, 0.3) is 0 Å². The van der Waals surface area contributed by atoms with Gasteiger partial charge >= 0.3 is 0 Å². The lowest BCUT2D eigenvalue weighted by atomic mass is 10.0. The summed E-state index contributed by atoms with van der Waals surface area (Å²) in [5.74, 6) is 0.200. The van der Waals surface area contributed by atoms with Crippen LogP contribution < -0.4 is 5.32 Å². The molecule has 0 saturated carbocycles. The van der Waals surface area contributed by atoms with Crippen LogP contribution in [0.4, 0.5) is 5.69 Å². The summed E-state index contributed by atoms with van der Waals surface area (Å²) < 4.78 is 0. The van der Waals surface area contributed by atoms with Crippen LogP contribution in [0.2, 0.25) is 5.02 Å². The van der Waals surface area contributed by atoms with Gasteiger partial charge in [0.05, 0.1) is 0 Å². The lowest BCUT2D eigenvalue weighted by Crippen LogP contribution is -2.08. The first-order valence-electron chi connectivity index (χ1n) is 5.00. The van der Waals surface area contributed by atoms with Gasteiger partial charge < -0.3 is 5.32 Å². The Hall–Kier alpha value is -1.28. The molecule has 0 unspecified atom stereocenters. The van der Waals surface area contributed by atoms with Crippen molar-refractivity contribution in [3.8, 4) is 0 Å². The molecule has 1 aliphatic rings. The van der Waals surface area contributed by atoms with Crippen LogP contribution in [0.5, 0.6) is 0 Å². The maximum atomic E-state index is 11.2. The number of carbonyl (C=O) groups is 1. The highest BCUT2D eigenvalue weighted by Gasteiger charge is 2.09. The summed E-state index contributed by atoms with van der Waals surface area (Å²) in [5.41, 5.74) is 1.91. The van der Waals surface area contributed by atoms with Gasteiger partial charge in [0.1, 0.15) is 0 Å². The second-order valence-corrected chi connectivity index (χ2v) is 4.06. The molecule has 15 heavy (non-hydrogen) atoms. The third kappa shape index (κ3) is 2.83. The van der Waals surface area contributed by atoms with Gasteiger partial charge in [-0.2, -0.15) is 0 Å². The Bertz CT molecular complexity index is 412. The second kappa shape index (κ2) is 4.49. The van der Waals surface area contributed by atoms with Crippen LogP contribution in [-0.2, 0) is 4.79 Å². The van der Waals surface area contributed by atoms with E-state index in [4.69, 9.17) is 11.6 Å². The number of nitrogens with one attached hydrogen (secondary N) is 1. The van der Waals surface area contributed by atoms with E-state index in [1.54, 1.807) is 6.08 Å². The molecule has 0 bridgehead atoms. The Morgan fingerprint density at radius 1 is 1.27 bits per heavy atom. The van der Waals surface area contributed by atoms with E-state index < -0.39 is 0 Å². The molecule has 0 saturated heterocycles. The highest BCUT2D eigenvalue weighted by Crippen LogP contribution is 2.20. The minimum atomic E-state index is 0.200. The molecule has 0 atom stereocenters. The first-order chi connectivity index (χ1) is 7.24. The molecule has 0 radical (unpaired) electrons. The Balaban J connectivity index is 2.11. The summed E-state index contributed by atoms with van der Waals surface area (Å²) in [7, 11) is 0. The zero-order valence-corrected chi connectivity index (χ0v) is 9.05. The largest absolute Gasteiger partial charge is 0.359 e. The van der Waals surface area contributed by atoms with Gasteiger partial charge in [-0.25, -0.2) is 0 Å². The summed E-state index contributed by atoms with van der Waals surface area (Å²) in [6.07, 6.45) is 4.21. The van der Waals surface area contributed by atoms with Crippen LogP contribution in [0, 0.1) is 0 Å². The smallest absolute Gasteiger partial charge is 0.157 e. The zero-order chi connectivity index (χ0) is 10.7.